The molecule has 0 aliphatic carbocycles. The van der Waals surface area contributed by atoms with E-state index in [1.165, 1.54) is 37.3 Å². The van der Waals surface area contributed by atoms with E-state index in [4.69, 9.17) is 9.47 Å². The van der Waals surface area contributed by atoms with Gasteiger partial charge < -0.3 is 19.5 Å². The highest BCUT2D eigenvalue weighted by molar-refractivity contribution is 9.10. The maximum absolute atomic E-state index is 12.7. The smallest absolute Gasteiger partial charge is 0.339 e. The van der Waals surface area contributed by atoms with Crippen molar-refractivity contribution < 1.29 is 33.4 Å². The molecule has 3 rings (SSSR count). The monoisotopic (exact) mass is 476 g/mol. The zero-order valence-electron chi connectivity index (χ0n) is 16.1. The molecule has 30 heavy (non-hydrogen) atoms. The third-order valence-corrected chi connectivity index (χ3v) is 4.78. The quantitative estimate of drug-likeness (QED) is 0.659. The summed E-state index contributed by atoms with van der Waals surface area (Å²) in [7, 11) is 2.41. The van der Waals surface area contributed by atoms with Crippen molar-refractivity contribution in [2.45, 2.75) is 0 Å². The van der Waals surface area contributed by atoms with Gasteiger partial charge in [0.1, 0.15) is 12.3 Å². The number of nitrogens with zero attached hydrogens (tertiary/aromatic N) is 1. The molecule has 0 atom stereocenters. The van der Waals surface area contributed by atoms with Crippen molar-refractivity contribution in [2.75, 3.05) is 37.6 Å². The van der Waals surface area contributed by atoms with Crippen molar-refractivity contribution in [1.29, 1.82) is 0 Å². The molecule has 1 heterocycles. The van der Waals surface area contributed by atoms with Crippen LogP contribution in [0.1, 0.15) is 20.7 Å². The van der Waals surface area contributed by atoms with Gasteiger partial charge in [0, 0.05) is 4.47 Å². The minimum Gasteiger partial charge on any atom is -0.482 e. The number of ether oxygens (including phenoxy) is 3. The minimum atomic E-state index is -0.695. The van der Waals surface area contributed by atoms with E-state index in [0.717, 1.165) is 4.47 Å². The van der Waals surface area contributed by atoms with E-state index in [2.05, 4.69) is 26.0 Å². The predicted molar refractivity (Wildman–Crippen MR) is 110 cm³/mol. The highest BCUT2D eigenvalue weighted by atomic mass is 79.9. The Morgan fingerprint density at radius 2 is 1.83 bits per heavy atom. The number of nitrogens with one attached hydrogen (secondary N) is 1. The Bertz CT molecular complexity index is 1040. The van der Waals surface area contributed by atoms with Crippen molar-refractivity contribution >= 4 is 51.1 Å². The second-order valence-corrected chi connectivity index (χ2v) is 7.09. The Morgan fingerprint density at radius 1 is 1.10 bits per heavy atom. The number of esters is 2. The first kappa shape index (κ1) is 21.3. The average molecular weight is 477 g/mol. The van der Waals surface area contributed by atoms with Gasteiger partial charge in [-0.05, 0) is 36.4 Å². The summed E-state index contributed by atoms with van der Waals surface area (Å²) in [4.78, 5) is 50.1. The second-order valence-electron chi connectivity index (χ2n) is 6.17. The average Bonchev–Trinajstić information content (AvgIpc) is 2.74. The Kier molecular flexibility index (Phi) is 6.36. The highest BCUT2D eigenvalue weighted by Crippen LogP contribution is 2.34. The van der Waals surface area contributed by atoms with E-state index in [1.54, 1.807) is 18.2 Å². The summed E-state index contributed by atoms with van der Waals surface area (Å²) >= 11 is 3.33. The van der Waals surface area contributed by atoms with Crippen LogP contribution in [0.4, 0.5) is 11.4 Å². The number of halogens is 1. The lowest BCUT2D eigenvalue weighted by atomic mass is 10.1. The van der Waals surface area contributed by atoms with E-state index in [0.29, 0.717) is 11.4 Å². The normalized spacial score (nSPS) is 12.5. The number of hydrogen-bond donors (Lipinski definition) is 1. The van der Waals surface area contributed by atoms with Crippen LogP contribution in [-0.2, 0) is 19.1 Å². The molecular weight excluding hydrogens is 460 g/mol. The van der Waals surface area contributed by atoms with E-state index in [9.17, 15) is 19.2 Å². The fourth-order valence-electron chi connectivity index (χ4n) is 2.87. The standard InChI is InChI=1S/C20H17BrN2O7/c1-28-19(26)11-3-5-13(20(27)29-2)14(7-11)22-17(24)9-23-15-6-4-12(21)8-16(15)30-10-18(23)25/h3-8H,9-10H2,1-2H3,(H,22,24). The molecular formula is C20H17BrN2O7. The van der Waals surface area contributed by atoms with Gasteiger partial charge in [0.2, 0.25) is 5.91 Å². The largest absolute Gasteiger partial charge is 0.482 e. The second kappa shape index (κ2) is 8.95. The molecule has 0 bridgehead atoms. The number of amides is 2. The fourth-order valence-corrected chi connectivity index (χ4v) is 3.21. The van der Waals surface area contributed by atoms with Gasteiger partial charge in [-0.3, -0.25) is 14.5 Å². The fraction of sp³-hybridized carbons (Fsp3) is 0.200. The maximum Gasteiger partial charge on any atom is 0.339 e. The van der Waals surface area contributed by atoms with Crippen LogP contribution in [0.25, 0.3) is 0 Å². The molecule has 0 spiro atoms. The summed E-state index contributed by atoms with van der Waals surface area (Å²) < 4.78 is 15.6. The molecule has 10 heteroatoms. The molecule has 0 unspecified atom stereocenters. The molecule has 0 saturated heterocycles. The Balaban J connectivity index is 1.86. The van der Waals surface area contributed by atoms with Crippen LogP contribution in [0.5, 0.6) is 5.75 Å². The van der Waals surface area contributed by atoms with Crippen molar-refractivity contribution in [2.24, 2.45) is 0 Å². The number of hydrogen-bond acceptors (Lipinski definition) is 7. The number of carbonyl (C=O) groups excluding carboxylic acids is 4. The Hall–Kier alpha value is -3.40. The minimum absolute atomic E-state index is 0.0520. The van der Waals surface area contributed by atoms with Crippen LogP contribution >= 0.6 is 15.9 Å². The van der Waals surface area contributed by atoms with Crippen molar-refractivity contribution in [3.63, 3.8) is 0 Å². The van der Waals surface area contributed by atoms with Crippen LogP contribution in [0.15, 0.2) is 40.9 Å². The number of carbonyl (C=O) groups is 4. The number of anilines is 2. The van der Waals surface area contributed by atoms with Gasteiger partial charge in [0.25, 0.3) is 5.91 Å². The molecule has 2 aromatic carbocycles. The summed E-state index contributed by atoms with van der Waals surface area (Å²) in [6, 6.07) is 9.11. The lowest BCUT2D eigenvalue weighted by Gasteiger charge is -2.29. The van der Waals surface area contributed by atoms with E-state index in [-0.39, 0.29) is 30.0 Å². The topological polar surface area (TPSA) is 111 Å². The highest BCUT2D eigenvalue weighted by Gasteiger charge is 2.28. The van der Waals surface area contributed by atoms with Gasteiger partial charge in [0.15, 0.2) is 6.61 Å². The Labute approximate surface area is 180 Å². The zero-order chi connectivity index (χ0) is 21.8. The molecule has 2 amide bonds. The molecule has 0 saturated carbocycles. The summed E-state index contributed by atoms with van der Waals surface area (Å²) in [5.74, 6) is -1.84. The van der Waals surface area contributed by atoms with Gasteiger partial charge >= 0.3 is 11.9 Å². The Morgan fingerprint density at radius 3 is 2.53 bits per heavy atom. The number of methoxy groups -OCH3 is 2. The third kappa shape index (κ3) is 4.43. The molecule has 156 valence electrons. The van der Waals surface area contributed by atoms with Crippen LogP contribution in [-0.4, -0.2) is 51.1 Å². The molecule has 0 radical (unpaired) electrons. The van der Waals surface area contributed by atoms with Gasteiger partial charge in [0.05, 0.1) is 36.7 Å². The molecule has 0 fully saturated rings. The van der Waals surface area contributed by atoms with E-state index >= 15 is 0 Å². The molecule has 2 aromatic rings. The van der Waals surface area contributed by atoms with Crippen molar-refractivity contribution in [1.82, 2.24) is 0 Å². The number of benzene rings is 2. The first-order chi connectivity index (χ1) is 14.3. The SMILES string of the molecule is COC(=O)c1ccc(C(=O)OC)c(NC(=O)CN2C(=O)COc3cc(Br)ccc32)c1. The summed E-state index contributed by atoms with van der Waals surface area (Å²) in [6.45, 7) is -0.526. The summed E-state index contributed by atoms with van der Waals surface area (Å²) in [6.07, 6.45) is 0. The van der Waals surface area contributed by atoms with Gasteiger partial charge in [-0.1, -0.05) is 15.9 Å². The van der Waals surface area contributed by atoms with Gasteiger partial charge in [-0.25, -0.2) is 9.59 Å². The van der Waals surface area contributed by atoms with Crippen molar-refractivity contribution in [3.05, 3.63) is 52.0 Å². The molecule has 9 nitrogen and oxygen atoms in total. The van der Waals surface area contributed by atoms with E-state index in [1.807, 2.05) is 0 Å². The molecule has 1 aliphatic heterocycles. The van der Waals surface area contributed by atoms with Gasteiger partial charge in [-0.2, -0.15) is 0 Å². The van der Waals surface area contributed by atoms with Gasteiger partial charge in [-0.15, -0.1) is 0 Å². The van der Waals surface area contributed by atoms with Crippen molar-refractivity contribution in [3.8, 4) is 5.75 Å². The van der Waals surface area contributed by atoms with Crippen LogP contribution in [0.2, 0.25) is 0 Å². The molecule has 1 aliphatic rings. The van der Waals surface area contributed by atoms with Crippen LogP contribution in [0, 0.1) is 0 Å². The maximum atomic E-state index is 12.7. The van der Waals surface area contributed by atoms with Crippen LogP contribution in [0.3, 0.4) is 0 Å². The number of rotatable bonds is 5. The predicted octanol–water partition coefficient (Wildman–Crippen LogP) is 2.39. The zero-order valence-corrected chi connectivity index (χ0v) is 17.6. The number of fused-ring (bicyclic) bond motifs is 1. The first-order valence-corrected chi connectivity index (χ1v) is 9.46. The first-order valence-electron chi connectivity index (χ1n) is 8.67. The third-order valence-electron chi connectivity index (χ3n) is 4.29. The lowest BCUT2D eigenvalue weighted by Crippen LogP contribution is -2.43. The molecule has 0 aromatic heterocycles. The lowest BCUT2D eigenvalue weighted by molar-refractivity contribution is -0.123. The van der Waals surface area contributed by atoms with Crippen LogP contribution < -0.4 is 15.0 Å². The summed E-state index contributed by atoms with van der Waals surface area (Å²) in [5, 5.41) is 2.56. The van der Waals surface area contributed by atoms with E-state index < -0.39 is 23.8 Å². The molecule has 1 N–H and O–H groups in total. The summed E-state index contributed by atoms with van der Waals surface area (Å²) in [5.41, 5.74) is 0.696.